The summed E-state index contributed by atoms with van der Waals surface area (Å²) in [5, 5.41) is 33.1. The predicted octanol–water partition coefficient (Wildman–Crippen LogP) is -0.758. The summed E-state index contributed by atoms with van der Waals surface area (Å²) < 4.78 is 84.6. The highest BCUT2D eigenvalue weighted by Crippen LogP contribution is 2.21. The molecule has 0 saturated heterocycles. The minimum Gasteiger partial charge on any atom is -0.461 e. The molecule has 0 bridgehead atoms. The van der Waals surface area contributed by atoms with Crippen molar-refractivity contribution in [2.24, 2.45) is 38.5 Å². The summed E-state index contributed by atoms with van der Waals surface area (Å²) in [6.45, 7) is 8.87. The molecule has 0 radical (unpaired) electrons. The van der Waals surface area contributed by atoms with Crippen molar-refractivity contribution in [3.8, 4) is 0 Å². The van der Waals surface area contributed by atoms with Gasteiger partial charge < -0.3 is 25.1 Å². The number of hydrogen-bond acceptors (Lipinski definition) is 18. The molecule has 4 rings (SSSR count). The molecule has 4 aromatic heterocycles. The van der Waals surface area contributed by atoms with Crippen molar-refractivity contribution in [3.63, 3.8) is 0 Å². The van der Waals surface area contributed by atoms with Gasteiger partial charge in [0.15, 0.2) is 15.1 Å². The minimum absolute atomic E-state index is 0.0380. The summed E-state index contributed by atoms with van der Waals surface area (Å²) in [7, 11) is -0.506. The van der Waals surface area contributed by atoms with Gasteiger partial charge in [-0.25, -0.2) is 49.9 Å². The van der Waals surface area contributed by atoms with Crippen LogP contribution >= 0.6 is 10.7 Å². The van der Waals surface area contributed by atoms with Crippen LogP contribution in [-0.4, -0.2) is 107 Å². The Labute approximate surface area is 326 Å². The van der Waals surface area contributed by atoms with Crippen molar-refractivity contribution in [2.75, 3.05) is 25.6 Å². The maximum Gasteiger partial charge on any atom is 0.356 e. The number of nitrogen functional groups attached to an aromatic ring is 1. The molecule has 7 N–H and O–H groups in total. The minimum atomic E-state index is -3.92. The number of nitrogens with two attached hydrogens (primary N) is 3. The normalized spacial score (nSPS) is 11.5. The average molecular weight is 874 g/mol. The second-order valence-corrected chi connectivity index (χ2v) is 16.8. The van der Waals surface area contributed by atoms with Crippen LogP contribution in [0.5, 0.6) is 0 Å². The van der Waals surface area contributed by atoms with Crippen LogP contribution in [0.15, 0.2) is 39.3 Å². The zero-order chi connectivity index (χ0) is 43.6. The number of esters is 3. The van der Waals surface area contributed by atoms with E-state index in [9.17, 15) is 44.7 Å². The number of carbonyl (C=O) groups excluding carboxylic acids is 3. The Hall–Kier alpha value is -4.93. The Bertz CT molecular complexity index is 2250. The van der Waals surface area contributed by atoms with Crippen LogP contribution in [0.25, 0.3) is 0 Å². The third-order valence-corrected chi connectivity index (χ3v) is 9.12. The summed E-state index contributed by atoms with van der Waals surface area (Å²) in [5.74, 6) is -1.36. The van der Waals surface area contributed by atoms with E-state index in [0.717, 1.165) is 21.5 Å². The summed E-state index contributed by atoms with van der Waals surface area (Å²) in [5.41, 5.74) is 5.07. The van der Waals surface area contributed by atoms with Crippen LogP contribution in [0.2, 0.25) is 0 Å². The fourth-order valence-corrected chi connectivity index (χ4v) is 5.69. The number of aromatic nitrogens is 8. The number of sulfonamides is 2. The van der Waals surface area contributed by atoms with E-state index in [4.69, 9.17) is 40.9 Å². The van der Waals surface area contributed by atoms with E-state index in [1.54, 1.807) is 34.9 Å². The number of nitrogens with zero attached hydrogens (tertiary/aromatic N) is 8. The number of ether oxygens (including phenoxy) is 3. The number of aliphatic hydroxyl groups is 1. The largest absolute Gasteiger partial charge is 0.461 e. The molecule has 0 aliphatic heterocycles. The van der Waals surface area contributed by atoms with Crippen LogP contribution in [0.3, 0.4) is 0 Å². The molecule has 28 heteroatoms. The first-order valence-electron chi connectivity index (χ1n) is 15.6. The number of anilines is 1. The van der Waals surface area contributed by atoms with Gasteiger partial charge in [-0.15, -0.1) is 0 Å². The summed E-state index contributed by atoms with van der Waals surface area (Å²) in [6, 6.07) is 4.89. The van der Waals surface area contributed by atoms with Gasteiger partial charge in [0, 0.05) is 63.1 Å². The number of primary sulfonamides is 2. The molecule has 0 aromatic carbocycles. The number of aryl methyl sites for hydroxylation is 4. The third-order valence-electron chi connectivity index (χ3n) is 6.38. The van der Waals surface area contributed by atoms with Crippen LogP contribution in [0.4, 0.5) is 5.82 Å². The topological polar surface area (TPSA) is 351 Å². The van der Waals surface area contributed by atoms with Crippen molar-refractivity contribution in [1.29, 1.82) is 0 Å². The van der Waals surface area contributed by atoms with Gasteiger partial charge in [0.2, 0.25) is 0 Å². The SMILES string of the molecule is CCOC(=O)c1cc(N)nn1C.CCOC(=O)c1cc(S(=O)(=O)Cl)nn1C.CCOC(=O)c1cc(S(N)(=O)=O)nn1C.Cn1nc(S(N)(=O)=O)cc1C(C)(C)O. The molecule has 4 aromatic rings. The number of hydrogen-bond donors (Lipinski definition) is 4. The van der Waals surface area contributed by atoms with Crippen molar-refractivity contribution in [1.82, 2.24) is 39.1 Å². The van der Waals surface area contributed by atoms with Crippen molar-refractivity contribution in [2.45, 2.75) is 55.3 Å². The Balaban J connectivity index is 0.000000375. The smallest absolute Gasteiger partial charge is 0.356 e. The molecule has 0 unspecified atom stereocenters. The monoisotopic (exact) mass is 873 g/mol. The molecule has 0 fully saturated rings. The number of halogens is 1. The molecule has 0 atom stereocenters. The van der Waals surface area contributed by atoms with Crippen molar-refractivity contribution < 1.29 is 59.0 Å². The first-order valence-corrected chi connectivity index (χ1v) is 21.1. The van der Waals surface area contributed by atoms with Crippen LogP contribution in [-0.2, 0) is 77.1 Å². The predicted molar refractivity (Wildman–Crippen MR) is 196 cm³/mol. The highest BCUT2D eigenvalue weighted by molar-refractivity contribution is 8.13. The average Bonchev–Trinajstić information content (AvgIpc) is 3.82. The molecule has 0 aliphatic carbocycles. The standard InChI is InChI=1S/C7H9ClN2O4S.C7H11N3O4S.C7H13N3O3S.C7H11N3O2/c2*1-3-14-7(11)5-4-6(9-10(5)2)15(8,12)13;1-7(2,11)5-4-6(9-10(5)3)14(8,12)13;1-3-12-7(11)5-4-6(8)9-10(5)2/h4H,3H2,1-2H3;4H,3H2,1-2H3,(H2,8,12,13);4,11H,1-3H3,(H2,8,12,13);4H,3H2,1-2H3,(H2,8,9). The first-order chi connectivity index (χ1) is 25.5. The molecule has 0 saturated carbocycles. The van der Waals surface area contributed by atoms with E-state index >= 15 is 0 Å². The summed E-state index contributed by atoms with van der Waals surface area (Å²) in [4.78, 5) is 33.7. The van der Waals surface area contributed by atoms with E-state index in [0.29, 0.717) is 23.8 Å². The Morgan fingerprint density at radius 1 is 0.643 bits per heavy atom. The lowest BCUT2D eigenvalue weighted by Gasteiger charge is -2.16. The quantitative estimate of drug-likeness (QED) is 0.0864. The second kappa shape index (κ2) is 19.8. The Kier molecular flexibility index (Phi) is 17.3. The first kappa shape index (κ1) is 49.1. The van der Waals surface area contributed by atoms with Gasteiger partial charge >= 0.3 is 17.9 Å². The molecule has 314 valence electrons. The Morgan fingerprint density at radius 2 is 0.964 bits per heavy atom. The lowest BCUT2D eigenvalue weighted by molar-refractivity contribution is 0.0504. The van der Waals surface area contributed by atoms with E-state index in [1.807, 2.05) is 0 Å². The second-order valence-electron chi connectivity index (χ2n) is 11.3. The molecule has 4 heterocycles. The highest BCUT2D eigenvalue weighted by atomic mass is 35.7. The van der Waals surface area contributed by atoms with Gasteiger partial charge in [-0.05, 0) is 34.6 Å². The molecular weight excluding hydrogens is 830 g/mol. The van der Waals surface area contributed by atoms with E-state index in [-0.39, 0.29) is 39.7 Å². The Morgan fingerprint density at radius 3 is 1.21 bits per heavy atom. The lowest BCUT2D eigenvalue weighted by atomic mass is 10.1. The number of rotatable bonds is 10. The summed E-state index contributed by atoms with van der Waals surface area (Å²) >= 11 is 0. The highest BCUT2D eigenvalue weighted by Gasteiger charge is 2.25. The van der Waals surface area contributed by atoms with Crippen LogP contribution in [0, 0.1) is 0 Å². The fraction of sp³-hybridized carbons (Fsp3) is 0.464. The third kappa shape index (κ3) is 14.6. The van der Waals surface area contributed by atoms with Gasteiger partial charge in [-0.1, -0.05) is 0 Å². The molecule has 0 amide bonds. The molecule has 0 spiro atoms. The molecule has 56 heavy (non-hydrogen) atoms. The lowest BCUT2D eigenvalue weighted by Crippen LogP contribution is -2.19. The van der Waals surface area contributed by atoms with Crippen LogP contribution < -0.4 is 16.0 Å². The zero-order valence-electron chi connectivity index (χ0n) is 31.7. The maximum atomic E-state index is 11.3. The van der Waals surface area contributed by atoms with Gasteiger partial charge in [-0.3, -0.25) is 18.7 Å². The van der Waals surface area contributed by atoms with Crippen LogP contribution in [0.1, 0.15) is 71.8 Å². The van der Waals surface area contributed by atoms with Gasteiger partial charge in [-0.2, -0.15) is 20.4 Å². The van der Waals surface area contributed by atoms with E-state index < -0.39 is 52.6 Å². The maximum absolute atomic E-state index is 11.3. The van der Waals surface area contributed by atoms with Gasteiger partial charge in [0.1, 0.15) is 28.5 Å². The fourth-order valence-electron chi connectivity index (χ4n) is 3.97. The van der Waals surface area contributed by atoms with E-state index in [1.165, 1.54) is 49.4 Å². The summed E-state index contributed by atoms with van der Waals surface area (Å²) in [6.07, 6.45) is 0. The zero-order valence-corrected chi connectivity index (χ0v) is 34.9. The molecule has 0 aliphatic rings. The van der Waals surface area contributed by atoms with Crippen molar-refractivity contribution in [3.05, 3.63) is 47.0 Å². The number of carbonyl (C=O) groups is 3. The molecule has 24 nitrogen and oxygen atoms in total. The van der Waals surface area contributed by atoms with E-state index in [2.05, 4.69) is 20.4 Å². The molecular formula is C28H44ClN11O13S3. The van der Waals surface area contributed by atoms with Crippen molar-refractivity contribution >= 4 is 63.5 Å². The van der Waals surface area contributed by atoms with Gasteiger partial charge in [0.05, 0.1) is 25.5 Å². The van der Waals surface area contributed by atoms with Gasteiger partial charge in [0.25, 0.3) is 29.1 Å².